The molecule has 6 nitrogen and oxygen atoms in total. The van der Waals surface area contributed by atoms with Crippen LogP contribution in [0.2, 0.25) is 0 Å². The van der Waals surface area contributed by atoms with Crippen molar-refractivity contribution >= 4 is 12.1 Å². The molecule has 0 heterocycles. The van der Waals surface area contributed by atoms with Crippen LogP contribution in [-0.2, 0) is 9.53 Å². The molecule has 1 aliphatic rings. The molecule has 0 aliphatic heterocycles. The smallest absolute Gasteiger partial charge is 0.407 e. The first-order valence-electron chi connectivity index (χ1n) is 8.62. The van der Waals surface area contributed by atoms with Gasteiger partial charge in [-0.1, -0.05) is 48.5 Å². The van der Waals surface area contributed by atoms with Crippen molar-refractivity contribution in [1.29, 1.82) is 0 Å². The van der Waals surface area contributed by atoms with Gasteiger partial charge in [-0.3, -0.25) is 4.79 Å². The minimum atomic E-state index is -0.946. The van der Waals surface area contributed by atoms with Gasteiger partial charge in [0.25, 0.3) is 0 Å². The Bertz CT molecular complexity index is 760. The Kier molecular flexibility index (Phi) is 5.53. The Morgan fingerprint density at radius 1 is 1.08 bits per heavy atom. The maximum Gasteiger partial charge on any atom is 0.407 e. The van der Waals surface area contributed by atoms with Crippen molar-refractivity contribution in [3.8, 4) is 11.1 Å². The Morgan fingerprint density at radius 3 is 2.23 bits per heavy atom. The van der Waals surface area contributed by atoms with Crippen LogP contribution in [0.15, 0.2) is 48.5 Å². The second-order valence-corrected chi connectivity index (χ2v) is 6.40. The van der Waals surface area contributed by atoms with Crippen LogP contribution in [0.25, 0.3) is 11.1 Å². The van der Waals surface area contributed by atoms with Gasteiger partial charge in [0.2, 0.25) is 0 Å². The summed E-state index contributed by atoms with van der Waals surface area (Å²) in [5.41, 5.74) is 10.3. The number of aliphatic carboxylic acids is 1. The number of nitrogens with two attached hydrogens (primary N) is 1. The van der Waals surface area contributed by atoms with Crippen LogP contribution in [0.1, 0.15) is 29.9 Å². The number of ether oxygens (including phenoxy) is 1. The van der Waals surface area contributed by atoms with Gasteiger partial charge in [0, 0.05) is 18.5 Å². The molecule has 0 unspecified atom stereocenters. The van der Waals surface area contributed by atoms with Gasteiger partial charge in [0.15, 0.2) is 0 Å². The number of hydrogen-bond acceptors (Lipinski definition) is 4. The van der Waals surface area contributed by atoms with Crippen LogP contribution >= 0.6 is 0 Å². The third-order valence-electron chi connectivity index (χ3n) is 4.56. The molecule has 1 atom stereocenters. The summed E-state index contributed by atoms with van der Waals surface area (Å²) >= 11 is 0. The van der Waals surface area contributed by atoms with Gasteiger partial charge < -0.3 is 20.9 Å². The number of carboxylic acid groups (broad SMARTS) is 1. The van der Waals surface area contributed by atoms with E-state index >= 15 is 0 Å². The molecule has 6 heteroatoms. The minimum Gasteiger partial charge on any atom is -0.481 e. The number of benzene rings is 2. The maximum absolute atomic E-state index is 11.9. The number of rotatable bonds is 7. The van der Waals surface area contributed by atoms with E-state index in [4.69, 9.17) is 15.6 Å². The van der Waals surface area contributed by atoms with Crippen LogP contribution in [0.3, 0.4) is 0 Å². The number of alkyl carbamates (subject to hydrolysis) is 1. The van der Waals surface area contributed by atoms with Gasteiger partial charge in [-0.2, -0.15) is 0 Å². The van der Waals surface area contributed by atoms with E-state index in [0.717, 1.165) is 11.1 Å². The monoisotopic (exact) mass is 354 g/mol. The SMILES string of the molecule is N[C@@H](CCNC(=O)OCC1c2ccccc2-c2ccccc21)CC(=O)O. The quantitative estimate of drug-likeness (QED) is 0.710. The number of fused-ring (bicyclic) bond motifs is 3. The minimum absolute atomic E-state index is 0.0161. The fourth-order valence-electron chi connectivity index (χ4n) is 3.34. The van der Waals surface area contributed by atoms with E-state index in [1.165, 1.54) is 11.1 Å². The first-order chi connectivity index (χ1) is 12.6. The van der Waals surface area contributed by atoms with E-state index < -0.39 is 18.1 Å². The average molecular weight is 354 g/mol. The molecular weight excluding hydrogens is 332 g/mol. The molecule has 3 rings (SSSR count). The molecule has 26 heavy (non-hydrogen) atoms. The summed E-state index contributed by atoms with van der Waals surface area (Å²) in [4.78, 5) is 22.5. The van der Waals surface area contributed by atoms with Gasteiger partial charge >= 0.3 is 12.1 Å². The lowest BCUT2D eigenvalue weighted by Crippen LogP contribution is -2.32. The van der Waals surface area contributed by atoms with Crippen molar-refractivity contribution in [1.82, 2.24) is 5.32 Å². The fraction of sp³-hybridized carbons (Fsp3) is 0.300. The molecule has 0 fully saturated rings. The lowest BCUT2D eigenvalue weighted by atomic mass is 9.98. The Labute approximate surface area is 152 Å². The van der Waals surface area contributed by atoms with Gasteiger partial charge in [0.1, 0.15) is 6.61 Å². The van der Waals surface area contributed by atoms with Crippen LogP contribution in [0, 0.1) is 0 Å². The molecule has 1 aliphatic carbocycles. The highest BCUT2D eigenvalue weighted by molar-refractivity contribution is 5.79. The van der Waals surface area contributed by atoms with E-state index in [1.807, 2.05) is 24.3 Å². The van der Waals surface area contributed by atoms with E-state index in [1.54, 1.807) is 0 Å². The Balaban J connectivity index is 1.55. The topological polar surface area (TPSA) is 102 Å². The molecule has 0 aromatic heterocycles. The summed E-state index contributed by atoms with van der Waals surface area (Å²) in [5, 5.41) is 11.3. The lowest BCUT2D eigenvalue weighted by molar-refractivity contribution is -0.137. The molecule has 0 saturated heterocycles. The zero-order valence-electron chi connectivity index (χ0n) is 14.4. The molecule has 0 radical (unpaired) electrons. The highest BCUT2D eigenvalue weighted by Crippen LogP contribution is 2.44. The molecule has 2 aromatic carbocycles. The van der Waals surface area contributed by atoms with Crippen molar-refractivity contribution in [2.45, 2.75) is 24.8 Å². The summed E-state index contributed by atoms with van der Waals surface area (Å²) < 4.78 is 5.40. The molecule has 1 amide bonds. The highest BCUT2D eigenvalue weighted by Gasteiger charge is 2.28. The predicted molar refractivity (Wildman–Crippen MR) is 97.9 cm³/mol. The molecule has 4 N–H and O–H groups in total. The molecule has 0 spiro atoms. The molecule has 136 valence electrons. The third kappa shape index (κ3) is 4.03. The van der Waals surface area contributed by atoms with Crippen molar-refractivity contribution in [2.75, 3.05) is 13.2 Å². The van der Waals surface area contributed by atoms with Gasteiger partial charge in [-0.25, -0.2) is 4.79 Å². The molecule has 0 saturated carbocycles. The summed E-state index contributed by atoms with van der Waals surface area (Å²) in [6.07, 6.45) is -0.252. The number of nitrogens with one attached hydrogen (secondary N) is 1. The van der Waals surface area contributed by atoms with Gasteiger partial charge in [0.05, 0.1) is 6.42 Å². The van der Waals surface area contributed by atoms with Crippen molar-refractivity contribution in [2.24, 2.45) is 5.73 Å². The zero-order valence-corrected chi connectivity index (χ0v) is 14.4. The van der Waals surface area contributed by atoms with Crippen LogP contribution in [0.5, 0.6) is 0 Å². The van der Waals surface area contributed by atoms with E-state index in [9.17, 15) is 9.59 Å². The van der Waals surface area contributed by atoms with Crippen molar-refractivity contribution < 1.29 is 19.4 Å². The normalized spacial score (nSPS) is 13.6. The number of amides is 1. The summed E-state index contributed by atoms with van der Waals surface area (Å²) in [6, 6.07) is 15.8. The van der Waals surface area contributed by atoms with Crippen LogP contribution in [-0.4, -0.2) is 36.4 Å². The number of hydrogen-bond donors (Lipinski definition) is 3. The Morgan fingerprint density at radius 2 is 1.65 bits per heavy atom. The van der Waals surface area contributed by atoms with Crippen LogP contribution in [0.4, 0.5) is 4.79 Å². The summed E-state index contributed by atoms with van der Waals surface area (Å²) in [5.74, 6) is -0.930. The highest BCUT2D eigenvalue weighted by atomic mass is 16.5. The van der Waals surface area contributed by atoms with Gasteiger partial charge in [-0.15, -0.1) is 0 Å². The molecular formula is C20H22N2O4. The molecule has 0 bridgehead atoms. The van der Waals surface area contributed by atoms with E-state index in [2.05, 4.69) is 29.6 Å². The second-order valence-electron chi connectivity index (χ2n) is 6.40. The first kappa shape index (κ1) is 17.9. The first-order valence-corrected chi connectivity index (χ1v) is 8.62. The second kappa shape index (κ2) is 8.01. The van der Waals surface area contributed by atoms with Crippen molar-refractivity contribution in [3.05, 3.63) is 59.7 Å². The fourth-order valence-corrected chi connectivity index (χ4v) is 3.34. The largest absolute Gasteiger partial charge is 0.481 e. The summed E-state index contributed by atoms with van der Waals surface area (Å²) in [7, 11) is 0. The van der Waals surface area contributed by atoms with Crippen LogP contribution < -0.4 is 11.1 Å². The third-order valence-corrected chi connectivity index (χ3v) is 4.56. The average Bonchev–Trinajstić information content (AvgIpc) is 2.93. The van der Waals surface area contributed by atoms with E-state index in [0.29, 0.717) is 6.42 Å². The summed E-state index contributed by atoms with van der Waals surface area (Å²) in [6.45, 7) is 0.534. The number of carboxylic acids is 1. The zero-order chi connectivity index (χ0) is 18.5. The standard InChI is InChI=1S/C20H22N2O4/c21-13(11-19(23)24)9-10-22-20(25)26-12-18-16-7-3-1-5-14(16)15-6-2-4-8-17(15)18/h1-8,13,18H,9-12,21H2,(H,22,25)(H,23,24)/t13-/m0/s1. The maximum atomic E-state index is 11.9. The molecule has 2 aromatic rings. The van der Waals surface area contributed by atoms with E-state index in [-0.39, 0.29) is 25.5 Å². The number of carbonyl (C=O) groups excluding carboxylic acids is 1. The van der Waals surface area contributed by atoms with Crippen molar-refractivity contribution in [3.63, 3.8) is 0 Å². The Hall–Kier alpha value is -2.86. The van der Waals surface area contributed by atoms with Gasteiger partial charge in [-0.05, 0) is 28.7 Å². The predicted octanol–water partition coefficient (Wildman–Crippen LogP) is 2.72. The lowest BCUT2D eigenvalue weighted by Gasteiger charge is -2.15. The number of carbonyl (C=O) groups is 2.